The molecule has 0 saturated carbocycles. The van der Waals surface area contributed by atoms with Crippen molar-refractivity contribution in [3.63, 3.8) is 0 Å². The Bertz CT molecular complexity index is 1020. The first kappa shape index (κ1) is 18.0. The van der Waals surface area contributed by atoms with E-state index >= 15 is 0 Å². The van der Waals surface area contributed by atoms with E-state index in [4.69, 9.17) is 5.26 Å². The summed E-state index contributed by atoms with van der Waals surface area (Å²) in [5, 5.41) is 14.3. The van der Waals surface area contributed by atoms with Gasteiger partial charge in [0.1, 0.15) is 0 Å². The third-order valence-electron chi connectivity index (χ3n) is 4.00. The zero-order valence-corrected chi connectivity index (χ0v) is 14.6. The molecule has 2 N–H and O–H groups in total. The monoisotopic (exact) mass is 358 g/mol. The molecular weight excluding hydrogens is 340 g/mol. The lowest BCUT2D eigenvalue weighted by Crippen LogP contribution is -2.28. The summed E-state index contributed by atoms with van der Waals surface area (Å²) in [7, 11) is 0. The fourth-order valence-corrected chi connectivity index (χ4v) is 2.54. The quantitative estimate of drug-likeness (QED) is 0.735. The first-order valence-electron chi connectivity index (χ1n) is 8.42. The molecule has 0 saturated heterocycles. The third-order valence-corrected chi connectivity index (χ3v) is 4.00. The molecule has 0 fully saturated rings. The van der Waals surface area contributed by atoms with Gasteiger partial charge in [-0.25, -0.2) is 4.79 Å². The van der Waals surface area contributed by atoms with Crippen LogP contribution in [0.4, 0.5) is 10.5 Å². The molecule has 0 atom stereocenters. The van der Waals surface area contributed by atoms with Gasteiger partial charge in [-0.2, -0.15) is 5.26 Å². The molecule has 6 heteroatoms. The van der Waals surface area contributed by atoms with E-state index in [0.29, 0.717) is 24.3 Å². The van der Waals surface area contributed by atoms with E-state index in [2.05, 4.69) is 10.6 Å². The normalized spacial score (nSPS) is 10.0. The molecule has 0 aliphatic rings. The molecule has 1 aromatic heterocycles. The van der Waals surface area contributed by atoms with Gasteiger partial charge in [0.15, 0.2) is 0 Å². The minimum absolute atomic E-state index is 0.0392. The van der Waals surface area contributed by atoms with Gasteiger partial charge in [0.25, 0.3) is 5.56 Å². The Kier molecular flexibility index (Phi) is 5.65. The fraction of sp³-hybridized carbons (Fsp3) is 0.0952. The lowest BCUT2D eigenvalue weighted by atomic mass is 10.1. The van der Waals surface area contributed by atoms with Crippen molar-refractivity contribution in [3.8, 4) is 6.07 Å². The molecule has 0 aliphatic carbocycles. The number of aromatic nitrogens is 1. The molecular formula is C21H18N4O2. The number of nitriles is 1. The van der Waals surface area contributed by atoms with Gasteiger partial charge in [-0.1, -0.05) is 30.3 Å². The highest BCUT2D eigenvalue weighted by Gasteiger charge is 2.03. The van der Waals surface area contributed by atoms with E-state index in [1.54, 1.807) is 41.1 Å². The highest BCUT2D eigenvalue weighted by atomic mass is 16.2. The Morgan fingerprint density at radius 3 is 2.33 bits per heavy atom. The summed E-state index contributed by atoms with van der Waals surface area (Å²) in [6.07, 6.45) is 1.76. The average Bonchev–Trinajstić information content (AvgIpc) is 2.70. The van der Waals surface area contributed by atoms with E-state index in [9.17, 15) is 9.59 Å². The smallest absolute Gasteiger partial charge is 0.319 e. The average molecular weight is 358 g/mol. The number of amides is 2. The van der Waals surface area contributed by atoms with Crippen LogP contribution >= 0.6 is 0 Å². The first-order chi connectivity index (χ1) is 13.1. The van der Waals surface area contributed by atoms with E-state index in [0.717, 1.165) is 11.1 Å². The molecule has 3 aromatic rings. The van der Waals surface area contributed by atoms with Gasteiger partial charge < -0.3 is 15.2 Å². The van der Waals surface area contributed by atoms with Crippen LogP contribution in [0.2, 0.25) is 0 Å². The number of nitrogens with zero attached hydrogens (tertiary/aromatic N) is 2. The number of rotatable bonds is 5. The van der Waals surface area contributed by atoms with Crippen LogP contribution in [0.15, 0.2) is 77.7 Å². The second-order valence-corrected chi connectivity index (χ2v) is 5.98. The number of carbonyl (C=O) groups excluding carboxylic acids is 1. The molecule has 3 rings (SSSR count). The molecule has 2 aromatic carbocycles. The lowest BCUT2D eigenvalue weighted by Gasteiger charge is -2.09. The number of hydrogen-bond donors (Lipinski definition) is 2. The fourth-order valence-electron chi connectivity index (χ4n) is 2.54. The molecule has 2 amide bonds. The van der Waals surface area contributed by atoms with Crippen LogP contribution < -0.4 is 16.2 Å². The van der Waals surface area contributed by atoms with E-state index in [-0.39, 0.29) is 11.6 Å². The second kappa shape index (κ2) is 8.50. The number of benzene rings is 2. The Labute approximate surface area is 156 Å². The third kappa shape index (κ3) is 5.06. The van der Waals surface area contributed by atoms with Gasteiger partial charge >= 0.3 is 6.03 Å². The van der Waals surface area contributed by atoms with Gasteiger partial charge in [0.2, 0.25) is 0 Å². The molecule has 0 spiro atoms. The summed E-state index contributed by atoms with van der Waals surface area (Å²) in [5.41, 5.74) is 3.08. The van der Waals surface area contributed by atoms with Crippen molar-refractivity contribution in [2.45, 2.75) is 13.1 Å². The van der Waals surface area contributed by atoms with E-state index < -0.39 is 0 Å². The summed E-state index contributed by atoms with van der Waals surface area (Å²) in [5.74, 6) is 0. The number of urea groups is 1. The van der Waals surface area contributed by atoms with Crippen LogP contribution in [0.1, 0.15) is 16.7 Å². The second-order valence-electron chi connectivity index (χ2n) is 5.98. The Balaban J connectivity index is 1.52. The first-order valence-corrected chi connectivity index (χ1v) is 8.42. The van der Waals surface area contributed by atoms with Crippen molar-refractivity contribution >= 4 is 11.7 Å². The largest absolute Gasteiger partial charge is 0.334 e. The van der Waals surface area contributed by atoms with Gasteiger partial charge in [-0.05, 0) is 41.5 Å². The maximum absolute atomic E-state index is 12.0. The molecule has 0 aliphatic heterocycles. The minimum atomic E-state index is -0.320. The van der Waals surface area contributed by atoms with Crippen molar-refractivity contribution < 1.29 is 4.79 Å². The molecule has 0 bridgehead atoms. The zero-order valence-electron chi connectivity index (χ0n) is 14.6. The summed E-state index contributed by atoms with van der Waals surface area (Å²) >= 11 is 0. The SMILES string of the molecule is N#Cc1ccc(NC(=O)NCc2ccc(Cn3ccccc3=O)cc2)cc1. The van der Waals surface area contributed by atoms with Crippen molar-refractivity contribution in [1.29, 1.82) is 5.26 Å². The van der Waals surface area contributed by atoms with Crippen molar-refractivity contribution in [2.24, 2.45) is 0 Å². The van der Waals surface area contributed by atoms with Crippen LogP contribution in [-0.2, 0) is 13.1 Å². The molecule has 1 heterocycles. The molecule has 0 unspecified atom stereocenters. The number of hydrogen-bond acceptors (Lipinski definition) is 3. The lowest BCUT2D eigenvalue weighted by molar-refractivity contribution is 0.251. The van der Waals surface area contributed by atoms with Crippen LogP contribution in [0.5, 0.6) is 0 Å². The van der Waals surface area contributed by atoms with Crippen LogP contribution in [0.25, 0.3) is 0 Å². The summed E-state index contributed by atoms with van der Waals surface area (Å²) < 4.78 is 1.64. The van der Waals surface area contributed by atoms with Crippen molar-refractivity contribution in [1.82, 2.24) is 9.88 Å². The standard InChI is InChI=1S/C21H18N4O2/c22-13-16-8-10-19(11-9-16)24-21(27)23-14-17-4-6-18(7-5-17)15-25-12-2-1-3-20(25)26/h1-12H,14-15H2,(H2,23,24,27). The predicted octanol–water partition coefficient (Wildman–Crippen LogP) is 3.09. The maximum Gasteiger partial charge on any atom is 0.319 e. The van der Waals surface area contributed by atoms with Gasteiger partial charge in [-0.15, -0.1) is 0 Å². The zero-order chi connectivity index (χ0) is 19.1. The Morgan fingerprint density at radius 1 is 0.963 bits per heavy atom. The summed E-state index contributed by atoms with van der Waals surface area (Å²) in [4.78, 5) is 23.7. The number of nitrogens with one attached hydrogen (secondary N) is 2. The Hall–Kier alpha value is -3.85. The highest BCUT2D eigenvalue weighted by molar-refractivity contribution is 5.89. The molecule has 134 valence electrons. The van der Waals surface area contributed by atoms with Gasteiger partial charge in [-0.3, -0.25) is 4.79 Å². The maximum atomic E-state index is 12.0. The number of anilines is 1. The van der Waals surface area contributed by atoms with Crippen LogP contribution in [0.3, 0.4) is 0 Å². The van der Waals surface area contributed by atoms with Crippen LogP contribution in [-0.4, -0.2) is 10.6 Å². The summed E-state index contributed by atoms with van der Waals surface area (Å²) in [6.45, 7) is 0.889. The highest BCUT2D eigenvalue weighted by Crippen LogP contribution is 2.09. The van der Waals surface area contributed by atoms with Gasteiger partial charge in [0.05, 0.1) is 18.2 Å². The Morgan fingerprint density at radius 2 is 1.67 bits per heavy atom. The van der Waals surface area contributed by atoms with Crippen molar-refractivity contribution in [2.75, 3.05) is 5.32 Å². The van der Waals surface area contributed by atoms with Crippen LogP contribution in [0, 0.1) is 11.3 Å². The number of pyridine rings is 1. The topological polar surface area (TPSA) is 86.9 Å². The van der Waals surface area contributed by atoms with Gasteiger partial charge in [0, 0.05) is 24.5 Å². The molecule has 27 heavy (non-hydrogen) atoms. The van der Waals surface area contributed by atoms with Crippen molar-refractivity contribution in [3.05, 3.63) is 100.0 Å². The summed E-state index contributed by atoms with van der Waals surface area (Å²) in [6, 6.07) is 21.2. The minimum Gasteiger partial charge on any atom is -0.334 e. The number of carbonyl (C=O) groups is 1. The molecule has 0 radical (unpaired) electrons. The molecule has 6 nitrogen and oxygen atoms in total. The predicted molar refractivity (Wildman–Crippen MR) is 103 cm³/mol. The van der Waals surface area contributed by atoms with E-state index in [1.807, 2.05) is 36.4 Å². The van der Waals surface area contributed by atoms with E-state index in [1.165, 1.54) is 6.07 Å².